The summed E-state index contributed by atoms with van der Waals surface area (Å²) in [5.74, 6) is -2.46. The summed E-state index contributed by atoms with van der Waals surface area (Å²) in [6.45, 7) is -1.20. The van der Waals surface area contributed by atoms with Gasteiger partial charge in [0.1, 0.15) is 6.04 Å². The first-order valence-corrected chi connectivity index (χ1v) is 7.58. The third-order valence-corrected chi connectivity index (χ3v) is 3.38. The fraction of sp³-hybridized carbons (Fsp3) is 0.500. The molecule has 0 aliphatic carbocycles. The van der Waals surface area contributed by atoms with E-state index in [2.05, 4.69) is 10.1 Å². The van der Waals surface area contributed by atoms with E-state index in [1.807, 2.05) is 6.92 Å². The van der Waals surface area contributed by atoms with Crippen molar-refractivity contribution in [1.29, 1.82) is 0 Å². The molecule has 140 valence electrons. The molecule has 0 radical (unpaired) electrons. The number of amides is 1. The van der Waals surface area contributed by atoms with Crippen LogP contribution in [0, 0.1) is 0 Å². The maximum Gasteiger partial charge on any atom is 0.387 e. The van der Waals surface area contributed by atoms with Crippen LogP contribution in [0.15, 0.2) is 12.1 Å². The average Bonchev–Trinajstić information content (AvgIpc) is 2.57. The van der Waals surface area contributed by atoms with Crippen LogP contribution < -0.4 is 19.5 Å². The number of carbonyl (C=O) groups is 2. The summed E-state index contributed by atoms with van der Waals surface area (Å²) < 4.78 is 39.3. The lowest BCUT2D eigenvalue weighted by atomic mass is 10.1. The molecule has 1 amide bonds. The van der Waals surface area contributed by atoms with E-state index in [-0.39, 0.29) is 29.2 Å². The molecular formula is C16H21F2NO6. The van der Waals surface area contributed by atoms with E-state index in [9.17, 15) is 23.5 Å². The second kappa shape index (κ2) is 9.65. The van der Waals surface area contributed by atoms with E-state index in [4.69, 9.17) is 9.47 Å². The van der Waals surface area contributed by atoms with Crippen LogP contribution >= 0.6 is 0 Å². The predicted octanol–water partition coefficient (Wildman–Crippen LogP) is 2.68. The van der Waals surface area contributed by atoms with Crippen LogP contribution in [0.1, 0.15) is 36.5 Å². The maximum atomic E-state index is 12.5. The van der Waals surface area contributed by atoms with Crippen LogP contribution in [0.3, 0.4) is 0 Å². The van der Waals surface area contributed by atoms with Gasteiger partial charge in [-0.25, -0.2) is 4.79 Å². The lowest BCUT2D eigenvalue weighted by molar-refractivity contribution is -0.139. The molecule has 1 aromatic carbocycles. The van der Waals surface area contributed by atoms with Crippen molar-refractivity contribution in [1.82, 2.24) is 5.32 Å². The number of carbonyl (C=O) groups excluding carboxylic acids is 1. The zero-order valence-corrected chi connectivity index (χ0v) is 14.2. The van der Waals surface area contributed by atoms with Gasteiger partial charge in [-0.2, -0.15) is 8.78 Å². The Morgan fingerprint density at radius 1 is 1.20 bits per heavy atom. The number of aliphatic carboxylic acids is 1. The smallest absolute Gasteiger partial charge is 0.387 e. The average molecular weight is 361 g/mol. The van der Waals surface area contributed by atoms with Crippen LogP contribution in [-0.2, 0) is 4.79 Å². The monoisotopic (exact) mass is 361 g/mol. The number of halogens is 2. The van der Waals surface area contributed by atoms with Gasteiger partial charge in [-0.1, -0.05) is 19.8 Å². The number of alkyl halides is 2. The summed E-state index contributed by atoms with van der Waals surface area (Å²) in [5.41, 5.74) is -0.00179. The third kappa shape index (κ3) is 5.77. The largest absolute Gasteiger partial charge is 0.493 e. The van der Waals surface area contributed by atoms with E-state index in [0.29, 0.717) is 6.42 Å². The highest BCUT2D eigenvalue weighted by molar-refractivity contribution is 5.97. The molecule has 0 saturated heterocycles. The van der Waals surface area contributed by atoms with E-state index in [1.54, 1.807) is 0 Å². The second-order valence-corrected chi connectivity index (χ2v) is 5.09. The number of benzene rings is 1. The molecule has 0 unspecified atom stereocenters. The summed E-state index contributed by atoms with van der Waals surface area (Å²) in [6, 6.07) is 1.30. The molecule has 25 heavy (non-hydrogen) atoms. The molecule has 0 aromatic heterocycles. The molecule has 0 spiro atoms. The highest BCUT2D eigenvalue weighted by Gasteiger charge is 2.24. The summed E-state index contributed by atoms with van der Waals surface area (Å²) in [7, 11) is 2.44. The van der Waals surface area contributed by atoms with Crippen molar-refractivity contribution in [2.24, 2.45) is 0 Å². The first kappa shape index (κ1) is 20.5. The lowest BCUT2D eigenvalue weighted by Gasteiger charge is -2.17. The van der Waals surface area contributed by atoms with Crippen molar-refractivity contribution < 1.29 is 37.7 Å². The van der Waals surface area contributed by atoms with Gasteiger partial charge >= 0.3 is 12.6 Å². The number of nitrogens with one attached hydrogen (secondary N) is 1. The fourth-order valence-corrected chi connectivity index (χ4v) is 2.12. The normalized spacial score (nSPS) is 11.8. The minimum atomic E-state index is -3.10. The van der Waals surface area contributed by atoms with E-state index in [0.717, 1.165) is 6.42 Å². The quantitative estimate of drug-likeness (QED) is 0.665. The number of carboxylic acid groups (broad SMARTS) is 1. The van der Waals surface area contributed by atoms with Crippen molar-refractivity contribution >= 4 is 11.9 Å². The number of ether oxygens (including phenoxy) is 3. The summed E-state index contributed by atoms with van der Waals surface area (Å²) in [5, 5.41) is 11.6. The van der Waals surface area contributed by atoms with Gasteiger partial charge in [-0.05, 0) is 18.6 Å². The molecule has 0 heterocycles. The minimum absolute atomic E-state index is 0.00179. The number of carboxylic acids is 1. The second-order valence-electron chi connectivity index (χ2n) is 5.09. The zero-order valence-electron chi connectivity index (χ0n) is 14.2. The van der Waals surface area contributed by atoms with Crippen molar-refractivity contribution in [3.63, 3.8) is 0 Å². The van der Waals surface area contributed by atoms with Gasteiger partial charge in [0.25, 0.3) is 5.91 Å². The Kier molecular flexibility index (Phi) is 7.90. The first-order valence-electron chi connectivity index (χ1n) is 7.58. The standard InChI is InChI=1S/C16H21F2NO6/c1-4-5-6-10(15(21)22)19-14(20)9-7-11(23-2)13(25-16(17)18)12(8-9)24-3/h7-8,10,16H,4-6H2,1-3H3,(H,19,20)(H,21,22)/t10-/m0/s1. The van der Waals surface area contributed by atoms with E-state index in [1.165, 1.54) is 26.4 Å². The minimum Gasteiger partial charge on any atom is -0.493 e. The molecule has 7 nitrogen and oxygen atoms in total. The van der Waals surface area contributed by atoms with Gasteiger partial charge in [0.05, 0.1) is 14.2 Å². The van der Waals surface area contributed by atoms with Crippen molar-refractivity contribution in [3.05, 3.63) is 17.7 Å². The van der Waals surface area contributed by atoms with Gasteiger partial charge in [0, 0.05) is 5.56 Å². The molecule has 1 atom stereocenters. The fourth-order valence-electron chi connectivity index (χ4n) is 2.12. The topological polar surface area (TPSA) is 94.1 Å². The Labute approximate surface area is 143 Å². The summed E-state index contributed by atoms with van der Waals surface area (Å²) in [6.07, 6.45) is 1.68. The van der Waals surface area contributed by atoms with Crippen LogP contribution in [0.25, 0.3) is 0 Å². The summed E-state index contributed by atoms with van der Waals surface area (Å²) >= 11 is 0. The molecule has 1 rings (SSSR count). The Bertz CT molecular complexity index is 583. The molecule has 0 fully saturated rings. The van der Waals surface area contributed by atoms with Gasteiger partial charge in [-0.3, -0.25) is 4.79 Å². The lowest BCUT2D eigenvalue weighted by Crippen LogP contribution is -2.40. The van der Waals surface area contributed by atoms with Crippen molar-refractivity contribution in [2.75, 3.05) is 14.2 Å². The Hall–Kier alpha value is -2.58. The van der Waals surface area contributed by atoms with E-state index < -0.39 is 24.5 Å². The Morgan fingerprint density at radius 2 is 1.76 bits per heavy atom. The molecule has 0 aliphatic heterocycles. The third-order valence-electron chi connectivity index (χ3n) is 3.38. The Balaban J connectivity index is 3.11. The van der Waals surface area contributed by atoms with Gasteiger partial charge in [0.2, 0.25) is 5.75 Å². The van der Waals surface area contributed by atoms with Crippen molar-refractivity contribution in [2.45, 2.75) is 38.8 Å². The molecule has 9 heteroatoms. The van der Waals surface area contributed by atoms with E-state index >= 15 is 0 Å². The molecule has 1 aromatic rings. The highest BCUT2D eigenvalue weighted by Crippen LogP contribution is 2.39. The van der Waals surface area contributed by atoms with Crippen LogP contribution in [-0.4, -0.2) is 43.9 Å². The zero-order chi connectivity index (χ0) is 19.0. The predicted molar refractivity (Wildman–Crippen MR) is 84.6 cm³/mol. The number of unbranched alkanes of at least 4 members (excludes halogenated alkanes) is 1. The molecule has 0 bridgehead atoms. The number of hydrogen-bond acceptors (Lipinski definition) is 5. The first-order chi connectivity index (χ1) is 11.8. The van der Waals surface area contributed by atoms with Crippen LogP contribution in [0.4, 0.5) is 8.78 Å². The molecule has 2 N–H and O–H groups in total. The molecular weight excluding hydrogens is 340 g/mol. The number of rotatable bonds is 10. The molecule has 0 saturated carbocycles. The highest BCUT2D eigenvalue weighted by atomic mass is 19.3. The van der Waals surface area contributed by atoms with Gasteiger partial charge in [-0.15, -0.1) is 0 Å². The number of methoxy groups -OCH3 is 2. The summed E-state index contributed by atoms with van der Waals surface area (Å²) in [4.78, 5) is 23.5. The molecule has 0 aliphatic rings. The number of hydrogen-bond donors (Lipinski definition) is 2. The van der Waals surface area contributed by atoms with Gasteiger partial charge in [0.15, 0.2) is 11.5 Å². The van der Waals surface area contributed by atoms with Crippen LogP contribution in [0.2, 0.25) is 0 Å². The van der Waals surface area contributed by atoms with Gasteiger partial charge < -0.3 is 24.6 Å². The van der Waals surface area contributed by atoms with Crippen LogP contribution in [0.5, 0.6) is 17.2 Å². The Morgan fingerprint density at radius 3 is 2.16 bits per heavy atom. The maximum absolute atomic E-state index is 12.5. The van der Waals surface area contributed by atoms with Crippen molar-refractivity contribution in [3.8, 4) is 17.2 Å². The SMILES string of the molecule is CCCC[C@H](NC(=O)c1cc(OC)c(OC(F)F)c(OC)c1)C(=O)O.